The van der Waals surface area contributed by atoms with Gasteiger partial charge in [0, 0.05) is 41.4 Å². The van der Waals surface area contributed by atoms with E-state index >= 15 is 0 Å². The van der Waals surface area contributed by atoms with Crippen LogP contribution in [0, 0.1) is 0 Å². The summed E-state index contributed by atoms with van der Waals surface area (Å²) in [6.07, 6.45) is 4.65. The van der Waals surface area contributed by atoms with E-state index < -0.39 is 0 Å². The number of benzene rings is 1. The molecule has 1 saturated heterocycles. The Bertz CT molecular complexity index is 817. The summed E-state index contributed by atoms with van der Waals surface area (Å²) < 4.78 is 0.932. The minimum Gasteiger partial charge on any atom is -0.298 e. The summed E-state index contributed by atoms with van der Waals surface area (Å²) in [7, 11) is 0. The summed E-state index contributed by atoms with van der Waals surface area (Å²) in [6, 6.07) is 12.6. The van der Waals surface area contributed by atoms with E-state index in [1.165, 1.54) is 5.56 Å². The molecular weight excluding hydrogens is 366 g/mol. The molecule has 2 aromatic heterocycles. The lowest BCUT2D eigenvalue weighted by Gasteiger charge is -2.15. The number of pyridine rings is 1. The summed E-state index contributed by atoms with van der Waals surface area (Å²) >= 11 is 3.44. The number of likely N-dealkylation sites (tertiary alicyclic amines) is 1. The Labute approximate surface area is 149 Å². The van der Waals surface area contributed by atoms with Crippen molar-refractivity contribution in [1.82, 2.24) is 25.1 Å². The van der Waals surface area contributed by atoms with Gasteiger partial charge in [0.2, 0.25) is 0 Å². The van der Waals surface area contributed by atoms with Crippen molar-refractivity contribution in [2.45, 2.75) is 18.9 Å². The van der Waals surface area contributed by atoms with Gasteiger partial charge in [-0.2, -0.15) is 5.10 Å². The van der Waals surface area contributed by atoms with Gasteiger partial charge in [0.1, 0.15) is 5.82 Å². The summed E-state index contributed by atoms with van der Waals surface area (Å²) in [5, 5.41) is 7.48. The first-order valence-corrected chi connectivity index (χ1v) is 8.87. The van der Waals surface area contributed by atoms with Crippen molar-refractivity contribution in [2.24, 2.45) is 0 Å². The highest BCUT2D eigenvalue weighted by molar-refractivity contribution is 9.10. The van der Waals surface area contributed by atoms with Crippen LogP contribution in [0.1, 0.15) is 23.7 Å². The minimum absolute atomic E-state index is 0.412. The van der Waals surface area contributed by atoms with Crippen molar-refractivity contribution in [2.75, 3.05) is 13.1 Å². The van der Waals surface area contributed by atoms with E-state index in [2.05, 4.69) is 66.3 Å². The number of nitrogens with zero attached hydrogens (tertiary/aromatic N) is 4. The van der Waals surface area contributed by atoms with E-state index in [1.54, 1.807) is 12.4 Å². The second-order valence-electron chi connectivity index (χ2n) is 6.14. The standard InChI is InChI=1S/C18H18BrN5/c19-16-8-15(9-20-10-16)18-21-17(22-23-18)14-6-7-24(12-14)11-13-4-2-1-3-5-13/h1-5,8-10,14H,6-7,11-12H2,(H,21,22,23). The largest absolute Gasteiger partial charge is 0.298 e. The number of aromatic nitrogens is 4. The third kappa shape index (κ3) is 3.39. The number of hydrogen-bond acceptors (Lipinski definition) is 4. The van der Waals surface area contributed by atoms with Gasteiger partial charge in [-0.1, -0.05) is 30.3 Å². The molecule has 0 saturated carbocycles. The molecule has 0 radical (unpaired) electrons. The van der Waals surface area contributed by atoms with Crippen LogP contribution in [0.3, 0.4) is 0 Å². The number of nitrogens with one attached hydrogen (secondary N) is 1. The van der Waals surface area contributed by atoms with Gasteiger partial charge in [-0.15, -0.1) is 0 Å². The molecule has 122 valence electrons. The Morgan fingerprint density at radius 1 is 1.21 bits per heavy atom. The number of hydrogen-bond donors (Lipinski definition) is 1. The molecule has 1 unspecified atom stereocenters. The first kappa shape index (κ1) is 15.5. The first-order valence-electron chi connectivity index (χ1n) is 8.07. The van der Waals surface area contributed by atoms with E-state index in [4.69, 9.17) is 4.98 Å². The molecule has 1 aliphatic rings. The van der Waals surface area contributed by atoms with Crippen molar-refractivity contribution in [3.8, 4) is 11.4 Å². The summed E-state index contributed by atoms with van der Waals surface area (Å²) in [5.74, 6) is 2.09. The lowest BCUT2D eigenvalue weighted by molar-refractivity contribution is 0.326. The van der Waals surface area contributed by atoms with Gasteiger partial charge in [0.05, 0.1) is 0 Å². The third-order valence-corrected chi connectivity index (χ3v) is 4.81. The van der Waals surface area contributed by atoms with Gasteiger partial charge in [0.25, 0.3) is 0 Å². The van der Waals surface area contributed by atoms with E-state index in [0.29, 0.717) is 11.7 Å². The molecule has 1 N–H and O–H groups in total. The van der Waals surface area contributed by atoms with Crippen LogP contribution in [-0.4, -0.2) is 38.2 Å². The molecule has 3 heterocycles. The van der Waals surface area contributed by atoms with Crippen molar-refractivity contribution < 1.29 is 0 Å². The Hall–Kier alpha value is -2.05. The highest BCUT2D eigenvalue weighted by atomic mass is 79.9. The van der Waals surface area contributed by atoms with Gasteiger partial charge in [-0.3, -0.25) is 15.0 Å². The zero-order valence-corrected chi connectivity index (χ0v) is 14.8. The molecule has 1 aliphatic heterocycles. The molecule has 4 rings (SSSR count). The van der Waals surface area contributed by atoms with Gasteiger partial charge in [0.15, 0.2) is 5.82 Å². The van der Waals surface area contributed by atoms with E-state index in [9.17, 15) is 0 Å². The molecule has 24 heavy (non-hydrogen) atoms. The van der Waals surface area contributed by atoms with Gasteiger partial charge in [-0.25, -0.2) is 4.98 Å². The highest BCUT2D eigenvalue weighted by Crippen LogP contribution is 2.27. The number of aromatic amines is 1. The monoisotopic (exact) mass is 383 g/mol. The summed E-state index contributed by atoms with van der Waals surface area (Å²) in [4.78, 5) is 11.3. The lowest BCUT2D eigenvalue weighted by atomic mass is 10.1. The molecule has 0 bridgehead atoms. The lowest BCUT2D eigenvalue weighted by Crippen LogP contribution is -2.19. The second kappa shape index (κ2) is 6.83. The third-order valence-electron chi connectivity index (χ3n) is 4.37. The van der Waals surface area contributed by atoms with Crippen molar-refractivity contribution >= 4 is 15.9 Å². The minimum atomic E-state index is 0.412. The van der Waals surface area contributed by atoms with Crippen LogP contribution in [0.25, 0.3) is 11.4 Å². The molecule has 0 spiro atoms. The zero-order chi connectivity index (χ0) is 16.4. The quantitative estimate of drug-likeness (QED) is 0.747. The maximum Gasteiger partial charge on any atom is 0.182 e. The molecule has 0 amide bonds. The van der Waals surface area contributed by atoms with Crippen molar-refractivity contribution in [3.63, 3.8) is 0 Å². The SMILES string of the molecule is Brc1cncc(-c2n[nH]c(C3CCN(Cc4ccccc4)C3)n2)c1. The molecule has 3 aromatic rings. The number of halogens is 1. The van der Waals surface area contributed by atoms with E-state index in [1.807, 2.05) is 6.07 Å². The van der Waals surface area contributed by atoms with Crippen molar-refractivity contribution in [1.29, 1.82) is 0 Å². The normalized spacial score (nSPS) is 18.1. The molecule has 1 atom stereocenters. The van der Waals surface area contributed by atoms with E-state index in [0.717, 1.165) is 41.9 Å². The highest BCUT2D eigenvalue weighted by Gasteiger charge is 2.26. The average Bonchev–Trinajstić information content (AvgIpc) is 3.25. The predicted octanol–water partition coefficient (Wildman–Crippen LogP) is 3.62. The molecule has 5 nitrogen and oxygen atoms in total. The van der Waals surface area contributed by atoms with Crippen LogP contribution in [0.4, 0.5) is 0 Å². The Morgan fingerprint density at radius 3 is 2.92 bits per heavy atom. The molecule has 0 aliphatic carbocycles. The fourth-order valence-electron chi connectivity index (χ4n) is 3.16. The predicted molar refractivity (Wildman–Crippen MR) is 96.4 cm³/mol. The molecule has 6 heteroatoms. The maximum absolute atomic E-state index is 4.69. The Kier molecular flexibility index (Phi) is 4.40. The van der Waals surface area contributed by atoms with Gasteiger partial charge >= 0.3 is 0 Å². The van der Waals surface area contributed by atoms with Crippen LogP contribution in [-0.2, 0) is 6.54 Å². The second-order valence-corrected chi connectivity index (χ2v) is 7.06. The molecule has 1 aromatic carbocycles. The van der Waals surface area contributed by atoms with Crippen LogP contribution in [0.2, 0.25) is 0 Å². The first-order chi connectivity index (χ1) is 11.8. The fourth-order valence-corrected chi connectivity index (χ4v) is 3.53. The van der Waals surface area contributed by atoms with Gasteiger partial charge in [-0.05, 0) is 40.5 Å². The van der Waals surface area contributed by atoms with Gasteiger partial charge < -0.3 is 0 Å². The van der Waals surface area contributed by atoms with Crippen LogP contribution in [0.5, 0.6) is 0 Å². The fraction of sp³-hybridized carbons (Fsp3) is 0.278. The Morgan fingerprint density at radius 2 is 2.08 bits per heavy atom. The smallest absolute Gasteiger partial charge is 0.182 e. The zero-order valence-electron chi connectivity index (χ0n) is 13.2. The van der Waals surface area contributed by atoms with E-state index in [-0.39, 0.29) is 0 Å². The Balaban J connectivity index is 1.44. The molecule has 1 fully saturated rings. The van der Waals surface area contributed by atoms with Crippen LogP contribution < -0.4 is 0 Å². The average molecular weight is 384 g/mol. The number of rotatable bonds is 4. The number of H-pyrrole nitrogens is 1. The topological polar surface area (TPSA) is 57.7 Å². The van der Waals surface area contributed by atoms with Crippen LogP contribution >= 0.6 is 15.9 Å². The summed E-state index contributed by atoms with van der Waals surface area (Å²) in [5.41, 5.74) is 2.28. The van der Waals surface area contributed by atoms with Crippen molar-refractivity contribution in [3.05, 3.63) is 64.7 Å². The summed E-state index contributed by atoms with van der Waals surface area (Å²) in [6.45, 7) is 3.10. The maximum atomic E-state index is 4.69. The van der Waals surface area contributed by atoms with Crippen LogP contribution in [0.15, 0.2) is 53.3 Å². The molecular formula is C18H18BrN5.